The Bertz CT molecular complexity index is 788. The number of aromatic nitrogens is 3. The van der Waals surface area contributed by atoms with Gasteiger partial charge in [0.25, 0.3) is 6.47 Å². The number of hydrogen-bond donors (Lipinski definition) is 4. The summed E-state index contributed by atoms with van der Waals surface area (Å²) in [6.07, 6.45) is 3.33. The molecule has 30 heavy (non-hydrogen) atoms. The molecule has 2 saturated heterocycles. The molecule has 11 nitrogen and oxygen atoms in total. The highest BCUT2D eigenvalue weighted by atomic mass is 16.3. The van der Waals surface area contributed by atoms with Gasteiger partial charge in [-0.25, -0.2) is 4.98 Å². The molecule has 3 heterocycles. The van der Waals surface area contributed by atoms with Gasteiger partial charge >= 0.3 is 0 Å². The Morgan fingerprint density at radius 3 is 2.57 bits per heavy atom. The maximum atomic E-state index is 12.8. The molecule has 0 radical (unpaired) electrons. The Morgan fingerprint density at radius 1 is 1.27 bits per heavy atom. The summed E-state index contributed by atoms with van der Waals surface area (Å²) in [5.41, 5.74) is 0. The van der Waals surface area contributed by atoms with Crippen LogP contribution in [-0.2, 0) is 25.6 Å². The summed E-state index contributed by atoms with van der Waals surface area (Å²) in [5.74, 6) is 1.64. The zero-order valence-electron chi connectivity index (χ0n) is 17.0. The molecular weight excluding hydrogens is 392 g/mol. The number of amides is 3. The molecule has 1 aliphatic carbocycles. The number of hydrogen-bond acceptors (Lipinski definition) is 6. The van der Waals surface area contributed by atoms with Gasteiger partial charge in [-0.15, -0.1) is 0 Å². The third-order valence-electron chi connectivity index (χ3n) is 6.03. The number of aryl methyl sites for hydroxylation is 1. The van der Waals surface area contributed by atoms with E-state index in [4.69, 9.17) is 9.90 Å². The number of nitrogens with zero attached hydrogens (tertiary/aromatic N) is 3. The fourth-order valence-electron chi connectivity index (χ4n) is 4.55. The van der Waals surface area contributed by atoms with Crippen molar-refractivity contribution in [3.63, 3.8) is 0 Å². The lowest BCUT2D eigenvalue weighted by molar-refractivity contribution is -0.136. The van der Waals surface area contributed by atoms with E-state index in [0.29, 0.717) is 31.3 Å². The predicted octanol–water partition coefficient (Wildman–Crippen LogP) is -0.764. The molecule has 1 aromatic heterocycles. The highest BCUT2D eigenvalue weighted by Gasteiger charge is 2.44. The van der Waals surface area contributed by atoms with Gasteiger partial charge in [0.15, 0.2) is 5.82 Å². The Balaban J connectivity index is 0.000000806. The topological polar surface area (TPSA) is 157 Å². The summed E-state index contributed by atoms with van der Waals surface area (Å²) in [5, 5.41) is 19.5. The van der Waals surface area contributed by atoms with Crippen molar-refractivity contribution >= 4 is 24.2 Å². The highest BCUT2D eigenvalue weighted by Crippen LogP contribution is 2.32. The van der Waals surface area contributed by atoms with Gasteiger partial charge in [0.05, 0.1) is 12.3 Å². The second-order valence-corrected chi connectivity index (χ2v) is 8.09. The number of carboxylic acid groups (broad SMARTS) is 1. The van der Waals surface area contributed by atoms with Crippen molar-refractivity contribution in [1.82, 2.24) is 30.7 Å². The SMILES string of the molecule is Cc1nc(CC(=O)NC2CCC(C(=O)N3C[C@@H]4CNC(=O)[C@@H]4C3)CC2)n[nH]1.O=CO. The Morgan fingerprint density at radius 2 is 1.97 bits per heavy atom. The first-order valence-corrected chi connectivity index (χ1v) is 10.2. The third-order valence-corrected chi connectivity index (χ3v) is 6.03. The maximum Gasteiger partial charge on any atom is 0.290 e. The van der Waals surface area contributed by atoms with Gasteiger partial charge in [0.2, 0.25) is 17.7 Å². The monoisotopic (exact) mass is 420 g/mol. The van der Waals surface area contributed by atoms with Gasteiger partial charge in [0, 0.05) is 37.5 Å². The van der Waals surface area contributed by atoms with Gasteiger partial charge in [-0.3, -0.25) is 24.3 Å². The van der Waals surface area contributed by atoms with E-state index in [2.05, 4.69) is 25.8 Å². The number of nitrogens with one attached hydrogen (secondary N) is 3. The van der Waals surface area contributed by atoms with E-state index in [0.717, 1.165) is 25.7 Å². The maximum absolute atomic E-state index is 12.8. The lowest BCUT2D eigenvalue weighted by Crippen LogP contribution is -2.43. The molecule has 1 saturated carbocycles. The van der Waals surface area contributed by atoms with Crippen LogP contribution in [0.1, 0.15) is 37.3 Å². The van der Waals surface area contributed by atoms with E-state index >= 15 is 0 Å². The van der Waals surface area contributed by atoms with E-state index < -0.39 is 0 Å². The van der Waals surface area contributed by atoms with Crippen LogP contribution in [0.2, 0.25) is 0 Å². The van der Waals surface area contributed by atoms with Gasteiger partial charge in [0.1, 0.15) is 5.82 Å². The summed E-state index contributed by atoms with van der Waals surface area (Å²) < 4.78 is 0. The van der Waals surface area contributed by atoms with Crippen molar-refractivity contribution in [2.24, 2.45) is 17.8 Å². The number of aromatic amines is 1. The van der Waals surface area contributed by atoms with Crippen molar-refractivity contribution in [2.75, 3.05) is 19.6 Å². The molecule has 3 fully saturated rings. The molecule has 3 aliphatic rings. The molecule has 0 unspecified atom stereocenters. The van der Waals surface area contributed by atoms with Crippen molar-refractivity contribution < 1.29 is 24.3 Å². The van der Waals surface area contributed by atoms with Gasteiger partial charge in [-0.1, -0.05) is 0 Å². The van der Waals surface area contributed by atoms with Crippen molar-refractivity contribution in [1.29, 1.82) is 0 Å². The second kappa shape index (κ2) is 9.68. The minimum atomic E-state index is -0.250. The molecule has 4 rings (SSSR count). The summed E-state index contributed by atoms with van der Waals surface area (Å²) in [4.78, 5) is 51.1. The Labute approximate surface area is 174 Å². The van der Waals surface area contributed by atoms with Gasteiger partial charge in [-0.2, -0.15) is 5.10 Å². The van der Waals surface area contributed by atoms with E-state index in [1.165, 1.54) is 0 Å². The van der Waals surface area contributed by atoms with Crippen molar-refractivity contribution in [2.45, 2.75) is 45.1 Å². The molecule has 0 aromatic carbocycles. The van der Waals surface area contributed by atoms with Crippen LogP contribution in [0.15, 0.2) is 0 Å². The lowest BCUT2D eigenvalue weighted by atomic mass is 9.85. The van der Waals surface area contributed by atoms with Crippen LogP contribution < -0.4 is 10.6 Å². The summed E-state index contributed by atoms with van der Waals surface area (Å²) in [6.45, 7) is 3.49. The highest BCUT2D eigenvalue weighted by molar-refractivity contribution is 5.85. The normalized spacial score (nSPS) is 27.5. The van der Waals surface area contributed by atoms with Gasteiger partial charge in [-0.05, 0) is 32.6 Å². The molecule has 2 atom stereocenters. The number of fused-ring (bicyclic) bond motifs is 1. The van der Waals surface area contributed by atoms with Crippen molar-refractivity contribution in [3.8, 4) is 0 Å². The van der Waals surface area contributed by atoms with E-state index in [1.54, 1.807) is 6.92 Å². The van der Waals surface area contributed by atoms with Crippen LogP contribution >= 0.6 is 0 Å². The Hall–Kier alpha value is -2.98. The second-order valence-electron chi connectivity index (χ2n) is 8.09. The number of rotatable bonds is 4. The minimum Gasteiger partial charge on any atom is -0.483 e. The van der Waals surface area contributed by atoms with Crippen LogP contribution in [0.5, 0.6) is 0 Å². The number of likely N-dealkylation sites (tertiary alicyclic amines) is 1. The number of carbonyl (C=O) groups excluding carboxylic acids is 3. The number of carbonyl (C=O) groups is 4. The third kappa shape index (κ3) is 5.14. The van der Waals surface area contributed by atoms with E-state index in [9.17, 15) is 14.4 Å². The molecule has 0 spiro atoms. The fraction of sp³-hybridized carbons (Fsp3) is 0.684. The quantitative estimate of drug-likeness (QED) is 0.466. The van der Waals surface area contributed by atoms with Crippen LogP contribution in [0.3, 0.4) is 0 Å². The van der Waals surface area contributed by atoms with E-state index in [1.807, 2.05) is 4.90 Å². The average molecular weight is 420 g/mol. The first-order chi connectivity index (χ1) is 14.4. The first-order valence-electron chi connectivity index (χ1n) is 10.2. The van der Waals surface area contributed by atoms with Crippen LogP contribution in [0, 0.1) is 24.7 Å². The molecule has 1 aromatic rings. The molecule has 3 amide bonds. The molecule has 11 heteroatoms. The molecular formula is C19H28N6O5. The minimum absolute atomic E-state index is 0.00990. The summed E-state index contributed by atoms with van der Waals surface area (Å²) >= 11 is 0. The largest absolute Gasteiger partial charge is 0.483 e. The molecule has 0 bridgehead atoms. The van der Waals surface area contributed by atoms with Gasteiger partial charge < -0.3 is 20.6 Å². The molecule has 4 N–H and O–H groups in total. The van der Waals surface area contributed by atoms with Crippen LogP contribution in [-0.4, -0.2) is 75.1 Å². The first kappa shape index (κ1) is 21.7. The number of H-pyrrole nitrogens is 1. The molecule has 164 valence electrons. The van der Waals surface area contributed by atoms with Crippen LogP contribution in [0.4, 0.5) is 0 Å². The summed E-state index contributed by atoms with van der Waals surface area (Å²) in [6, 6.07) is 0.102. The smallest absolute Gasteiger partial charge is 0.290 e. The predicted molar refractivity (Wildman–Crippen MR) is 104 cm³/mol. The zero-order valence-corrected chi connectivity index (χ0v) is 17.0. The standard InChI is InChI=1S/C18H26N6O3.CH2O2/c1-10-20-15(23-22-10)6-16(25)21-13-4-2-11(3-5-13)18(27)24-8-12-7-19-17(26)14(12)9-24;2-1-3/h11-14H,2-9H2,1H3,(H,19,26)(H,21,25)(H,20,22,23);1H,(H,2,3)/t11?,12-,13?,14+;/m0./s1. The van der Waals surface area contributed by atoms with Crippen LogP contribution in [0.25, 0.3) is 0 Å². The van der Waals surface area contributed by atoms with E-state index in [-0.39, 0.29) is 54.4 Å². The van der Waals surface area contributed by atoms with Crippen molar-refractivity contribution in [3.05, 3.63) is 11.6 Å². The zero-order chi connectivity index (χ0) is 21.7. The average Bonchev–Trinajstić information content (AvgIpc) is 3.40. The lowest BCUT2D eigenvalue weighted by Gasteiger charge is -2.31. The Kier molecular flexibility index (Phi) is 7.01. The fourth-order valence-corrected chi connectivity index (χ4v) is 4.55. The summed E-state index contributed by atoms with van der Waals surface area (Å²) in [7, 11) is 0. The molecule has 2 aliphatic heterocycles.